The van der Waals surface area contributed by atoms with Crippen LogP contribution in [0.2, 0.25) is 0 Å². The number of rotatable bonds is 9. The molecule has 0 amide bonds. The maximum atomic E-state index is 14.9. The second kappa shape index (κ2) is 8.81. The van der Waals surface area contributed by atoms with Gasteiger partial charge in [0.05, 0.1) is 16.0 Å². The summed E-state index contributed by atoms with van der Waals surface area (Å²) < 4.78 is 36.4. The van der Waals surface area contributed by atoms with Crippen molar-refractivity contribution < 1.29 is 13.5 Å². The Kier molecular flexibility index (Phi) is 6.47. The predicted octanol–water partition coefficient (Wildman–Crippen LogP) is 7.63. The van der Waals surface area contributed by atoms with Gasteiger partial charge in [0.1, 0.15) is 5.82 Å². The molecule has 0 spiro atoms. The molecule has 0 saturated heterocycles. The van der Waals surface area contributed by atoms with Crippen LogP contribution in [0, 0.1) is 11.6 Å². The summed E-state index contributed by atoms with van der Waals surface area (Å²) in [5.74, 6) is -0.291. The lowest BCUT2D eigenvalue weighted by atomic mass is 10.0. The van der Waals surface area contributed by atoms with Crippen LogP contribution >= 0.6 is 11.3 Å². The number of ether oxygens (including phenoxy) is 1. The van der Waals surface area contributed by atoms with E-state index in [-0.39, 0.29) is 17.4 Å². The molecule has 0 saturated carbocycles. The second-order valence-electron chi connectivity index (χ2n) is 6.78. The van der Waals surface area contributed by atoms with Crippen LogP contribution in [-0.4, -0.2) is 6.61 Å². The maximum absolute atomic E-state index is 14.9. The Labute approximate surface area is 158 Å². The molecule has 2 aromatic carbocycles. The minimum Gasteiger partial charge on any atom is -0.490 e. The number of unbranched alkanes of at least 4 members (excludes halogenated alkanes) is 4. The summed E-state index contributed by atoms with van der Waals surface area (Å²) in [5, 5.41) is 1.56. The van der Waals surface area contributed by atoms with Gasteiger partial charge in [-0.3, -0.25) is 0 Å². The van der Waals surface area contributed by atoms with E-state index in [4.69, 9.17) is 4.74 Å². The quantitative estimate of drug-likeness (QED) is 0.349. The van der Waals surface area contributed by atoms with Crippen LogP contribution in [0.25, 0.3) is 20.2 Å². The molecule has 3 rings (SSSR count). The number of thiophene rings is 1. The molecule has 1 heterocycles. The summed E-state index contributed by atoms with van der Waals surface area (Å²) in [6, 6.07) is 7.30. The molecule has 1 nitrogen and oxygen atoms in total. The molecule has 0 aliphatic rings. The molecule has 4 heteroatoms. The van der Waals surface area contributed by atoms with E-state index in [0.29, 0.717) is 16.0 Å². The lowest BCUT2D eigenvalue weighted by Gasteiger charge is -2.07. The first-order valence-corrected chi connectivity index (χ1v) is 10.4. The molecule has 3 aromatic rings. The van der Waals surface area contributed by atoms with E-state index in [0.717, 1.165) is 61.3 Å². The van der Waals surface area contributed by atoms with E-state index in [1.165, 1.54) is 11.3 Å². The molecule has 0 aliphatic heterocycles. The first-order valence-electron chi connectivity index (χ1n) is 9.62. The topological polar surface area (TPSA) is 9.23 Å². The average molecular weight is 377 g/mol. The standard InChI is InChI=1S/C22H26F2OS/c1-3-5-7-9-15-10-11-16-17-12-13-18(25-14-8-6-4-2)20(24)22(17)26-21(16)19(15)23/h10-13H,3-9,14H2,1-2H3. The fourth-order valence-corrected chi connectivity index (χ4v) is 4.46. The van der Waals surface area contributed by atoms with Gasteiger partial charge in [0.25, 0.3) is 0 Å². The predicted molar refractivity (Wildman–Crippen MR) is 107 cm³/mol. The molecular weight excluding hydrogens is 350 g/mol. The van der Waals surface area contributed by atoms with Crippen molar-refractivity contribution in [1.29, 1.82) is 0 Å². The number of hydrogen-bond donors (Lipinski definition) is 0. The van der Waals surface area contributed by atoms with Gasteiger partial charge in [-0.1, -0.05) is 51.7 Å². The number of halogens is 2. The van der Waals surface area contributed by atoms with Crippen LogP contribution in [-0.2, 0) is 6.42 Å². The summed E-state index contributed by atoms with van der Waals surface area (Å²) in [6.07, 6.45) is 7.00. The van der Waals surface area contributed by atoms with Gasteiger partial charge in [0.2, 0.25) is 0 Å². The van der Waals surface area contributed by atoms with Crippen molar-refractivity contribution in [3.63, 3.8) is 0 Å². The SMILES string of the molecule is CCCCCOc1ccc2c(sc3c(F)c(CCCCC)ccc32)c1F. The fraction of sp³-hybridized carbons (Fsp3) is 0.455. The highest BCUT2D eigenvalue weighted by Gasteiger charge is 2.17. The molecule has 0 radical (unpaired) electrons. The maximum Gasteiger partial charge on any atom is 0.182 e. The van der Waals surface area contributed by atoms with E-state index in [2.05, 4.69) is 13.8 Å². The van der Waals surface area contributed by atoms with Crippen LogP contribution < -0.4 is 4.74 Å². The van der Waals surface area contributed by atoms with Crippen LogP contribution in [0.5, 0.6) is 5.75 Å². The molecule has 140 valence electrons. The van der Waals surface area contributed by atoms with Gasteiger partial charge >= 0.3 is 0 Å². The summed E-state index contributed by atoms with van der Waals surface area (Å²) in [7, 11) is 0. The Morgan fingerprint density at radius 2 is 1.46 bits per heavy atom. The Morgan fingerprint density at radius 3 is 2.19 bits per heavy atom. The van der Waals surface area contributed by atoms with Crippen molar-refractivity contribution in [3.8, 4) is 5.75 Å². The van der Waals surface area contributed by atoms with Gasteiger partial charge in [-0.05, 0) is 37.0 Å². The lowest BCUT2D eigenvalue weighted by Crippen LogP contribution is -1.98. The van der Waals surface area contributed by atoms with E-state index < -0.39 is 0 Å². The third kappa shape index (κ3) is 3.85. The lowest BCUT2D eigenvalue weighted by molar-refractivity contribution is 0.293. The monoisotopic (exact) mass is 376 g/mol. The van der Waals surface area contributed by atoms with E-state index in [9.17, 15) is 8.78 Å². The molecule has 0 unspecified atom stereocenters. The van der Waals surface area contributed by atoms with Crippen LogP contribution in [0.4, 0.5) is 8.78 Å². The highest BCUT2D eigenvalue weighted by Crippen LogP contribution is 2.40. The Balaban J connectivity index is 1.93. The van der Waals surface area contributed by atoms with Crippen molar-refractivity contribution in [2.45, 2.75) is 58.8 Å². The van der Waals surface area contributed by atoms with Crippen molar-refractivity contribution in [1.82, 2.24) is 0 Å². The van der Waals surface area contributed by atoms with E-state index in [1.807, 2.05) is 18.2 Å². The normalized spacial score (nSPS) is 11.5. The van der Waals surface area contributed by atoms with E-state index in [1.54, 1.807) is 6.07 Å². The summed E-state index contributed by atoms with van der Waals surface area (Å²) >= 11 is 1.20. The number of hydrogen-bond acceptors (Lipinski definition) is 2. The summed E-state index contributed by atoms with van der Waals surface area (Å²) in [5.41, 5.74) is 0.731. The Bertz CT molecular complexity index is 885. The average Bonchev–Trinajstić information content (AvgIpc) is 3.03. The van der Waals surface area contributed by atoms with Crippen LogP contribution in [0.15, 0.2) is 24.3 Å². The van der Waals surface area contributed by atoms with Crippen molar-refractivity contribution >= 4 is 31.5 Å². The number of aryl methyl sites for hydroxylation is 1. The minimum absolute atomic E-state index is 0.190. The third-order valence-electron chi connectivity index (χ3n) is 4.79. The second-order valence-corrected chi connectivity index (χ2v) is 7.81. The van der Waals surface area contributed by atoms with Crippen molar-refractivity contribution in [3.05, 3.63) is 41.5 Å². The molecule has 26 heavy (non-hydrogen) atoms. The highest BCUT2D eigenvalue weighted by atomic mass is 32.1. The van der Waals surface area contributed by atoms with Crippen molar-refractivity contribution in [2.75, 3.05) is 6.61 Å². The fourth-order valence-electron chi connectivity index (χ4n) is 3.26. The first-order chi connectivity index (χ1) is 12.7. The summed E-state index contributed by atoms with van der Waals surface area (Å²) in [6.45, 7) is 4.77. The highest BCUT2D eigenvalue weighted by molar-refractivity contribution is 7.25. The minimum atomic E-state index is -0.368. The molecule has 0 bridgehead atoms. The van der Waals surface area contributed by atoms with Crippen LogP contribution in [0.3, 0.4) is 0 Å². The molecule has 0 fully saturated rings. The third-order valence-corrected chi connectivity index (χ3v) is 5.99. The number of fused-ring (bicyclic) bond motifs is 3. The van der Waals surface area contributed by atoms with Gasteiger partial charge in [0.15, 0.2) is 11.6 Å². The Morgan fingerprint density at radius 1 is 0.808 bits per heavy atom. The van der Waals surface area contributed by atoms with Crippen molar-refractivity contribution in [2.24, 2.45) is 0 Å². The zero-order chi connectivity index (χ0) is 18.5. The smallest absolute Gasteiger partial charge is 0.182 e. The molecule has 0 N–H and O–H groups in total. The first kappa shape index (κ1) is 19.1. The van der Waals surface area contributed by atoms with Gasteiger partial charge in [-0.25, -0.2) is 8.78 Å². The molecular formula is C22H26F2OS. The van der Waals surface area contributed by atoms with Gasteiger partial charge in [0, 0.05) is 10.8 Å². The zero-order valence-electron chi connectivity index (χ0n) is 15.5. The van der Waals surface area contributed by atoms with Gasteiger partial charge in [-0.15, -0.1) is 11.3 Å². The summed E-state index contributed by atoms with van der Waals surface area (Å²) in [4.78, 5) is 0. The van der Waals surface area contributed by atoms with Gasteiger partial charge in [-0.2, -0.15) is 0 Å². The largest absolute Gasteiger partial charge is 0.490 e. The van der Waals surface area contributed by atoms with Crippen LogP contribution in [0.1, 0.15) is 57.9 Å². The zero-order valence-corrected chi connectivity index (χ0v) is 16.4. The molecule has 0 atom stereocenters. The molecule has 1 aromatic heterocycles. The Hall–Kier alpha value is -1.68. The number of benzene rings is 2. The van der Waals surface area contributed by atoms with E-state index >= 15 is 0 Å². The van der Waals surface area contributed by atoms with Gasteiger partial charge < -0.3 is 4.74 Å². The molecule has 0 aliphatic carbocycles.